The summed E-state index contributed by atoms with van der Waals surface area (Å²) in [4.78, 5) is 26.1. The molecule has 7 heteroatoms. The van der Waals surface area contributed by atoms with Gasteiger partial charge in [-0.15, -0.1) is 11.3 Å². The number of hydrogen-bond donors (Lipinski definition) is 1. The molecule has 0 spiro atoms. The van der Waals surface area contributed by atoms with Crippen molar-refractivity contribution in [2.75, 3.05) is 25.9 Å². The van der Waals surface area contributed by atoms with Gasteiger partial charge in [-0.3, -0.25) is 9.69 Å². The quantitative estimate of drug-likeness (QED) is 0.924. The van der Waals surface area contributed by atoms with Crippen LogP contribution in [0.5, 0.6) is 0 Å². The minimum Gasteiger partial charge on any atom is -0.384 e. The molecule has 1 aliphatic heterocycles. The van der Waals surface area contributed by atoms with Crippen LogP contribution < -0.4 is 5.73 Å². The average Bonchev–Trinajstić information content (AvgIpc) is 3.15. The normalized spacial score (nSPS) is 17.9. The highest BCUT2D eigenvalue weighted by atomic mass is 32.1. The summed E-state index contributed by atoms with van der Waals surface area (Å²) in [6.07, 6.45) is 2.64. The second kappa shape index (κ2) is 6.64. The monoisotopic (exact) mass is 331 g/mol. The fourth-order valence-electron chi connectivity index (χ4n) is 2.86. The molecule has 1 aliphatic rings. The Morgan fingerprint density at radius 1 is 1.52 bits per heavy atom. The number of rotatable bonds is 4. The molecule has 0 saturated carbocycles. The summed E-state index contributed by atoms with van der Waals surface area (Å²) >= 11 is 1.52. The van der Waals surface area contributed by atoms with E-state index >= 15 is 0 Å². The van der Waals surface area contributed by atoms with Gasteiger partial charge >= 0.3 is 0 Å². The van der Waals surface area contributed by atoms with Gasteiger partial charge < -0.3 is 10.6 Å². The molecule has 1 fully saturated rings. The zero-order valence-corrected chi connectivity index (χ0v) is 14.2. The standard InChI is InChI=1S/C16H21N5OS/c1-11-5-8-23-15(11)16(22)21-7-4-12(9-21)20(2)10-14-18-6-3-13(17)19-14/h3,5-6,8,12H,4,7,9-10H2,1-2H3,(H2,17,18,19)/t12-/m0/s1. The van der Waals surface area contributed by atoms with Crippen LogP contribution in [-0.4, -0.2) is 51.9 Å². The SMILES string of the molecule is Cc1ccsc1C(=O)N1CC[C@H](N(C)Cc2nccc(N)n2)C1. The van der Waals surface area contributed by atoms with Crippen LogP contribution in [0.4, 0.5) is 5.82 Å². The van der Waals surface area contributed by atoms with E-state index in [0.29, 0.717) is 24.2 Å². The summed E-state index contributed by atoms with van der Waals surface area (Å²) in [6.45, 7) is 4.16. The molecule has 2 N–H and O–H groups in total. The minimum absolute atomic E-state index is 0.147. The Morgan fingerprint density at radius 3 is 3.04 bits per heavy atom. The molecule has 0 aliphatic carbocycles. The number of hydrogen-bond acceptors (Lipinski definition) is 6. The molecule has 0 aromatic carbocycles. The second-order valence-electron chi connectivity index (χ2n) is 5.94. The Morgan fingerprint density at radius 2 is 2.35 bits per heavy atom. The largest absolute Gasteiger partial charge is 0.384 e. The van der Waals surface area contributed by atoms with E-state index in [0.717, 1.165) is 30.0 Å². The molecule has 3 heterocycles. The lowest BCUT2D eigenvalue weighted by atomic mass is 10.2. The highest BCUT2D eigenvalue weighted by Crippen LogP contribution is 2.22. The van der Waals surface area contributed by atoms with E-state index in [4.69, 9.17) is 5.73 Å². The van der Waals surface area contributed by atoms with Crippen molar-refractivity contribution in [3.8, 4) is 0 Å². The Kier molecular flexibility index (Phi) is 4.58. The number of nitrogens with two attached hydrogens (primary N) is 1. The van der Waals surface area contributed by atoms with Gasteiger partial charge in [-0.25, -0.2) is 9.97 Å². The molecule has 1 amide bonds. The van der Waals surface area contributed by atoms with Gasteiger partial charge in [0.2, 0.25) is 0 Å². The molecular formula is C16H21N5OS. The maximum atomic E-state index is 12.6. The van der Waals surface area contributed by atoms with Crippen LogP contribution in [0.3, 0.4) is 0 Å². The molecule has 2 aromatic heterocycles. The third-order valence-electron chi connectivity index (χ3n) is 4.25. The van der Waals surface area contributed by atoms with Crippen molar-refractivity contribution < 1.29 is 4.79 Å². The van der Waals surface area contributed by atoms with Crippen molar-refractivity contribution in [3.05, 3.63) is 40.0 Å². The zero-order chi connectivity index (χ0) is 16.4. The van der Waals surface area contributed by atoms with Crippen molar-refractivity contribution in [2.45, 2.75) is 25.9 Å². The average molecular weight is 331 g/mol. The first kappa shape index (κ1) is 15.9. The number of carbonyl (C=O) groups is 1. The van der Waals surface area contributed by atoms with Crippen molar-refractivity contribution in [1.82, 2.24) is 19.8 Å². The Balaban J connectivity index is 1.61. The van der Waals surface area contributed by atoms with Crippen LogP contribution in [0.15, 0.2) is 23.7 Å². The predicted octanol–water partition coefficient (Wildman–Crippen LogP) is 1.78. The molecule has 1 saturated heterocycles. The van der Waals surface area contributed by atoms with Crippen LogP contribution >= 0.6 is 11.3 Å². The lowest BCUT2D eigenvalue weighted by Crippen LogP contribution is -2.36. The summed E-state index contributed by atoms with van der Waals surface area (Å²) in [5, 5.41) is 1.97. The first-order valence-electron chi connectivity index (χ1n) is 7.65. The molecule has 6 nitrogen and oxygen atoms in total. The zero-order valence-electron chi connectivity index (χ0n) is 13.4. The number of aromatic nitrogens is 2. The minimum atomic E-state index is 0.147. The van der Waals surface area contributed by atoms with Crippen LogP contribution in [0.25, 0.3) is 0 Å². The van der Waals surface area contributed by atoms with Crippen molar-refractivity contribution in [2.24, 2.45) is 0 Å². The number of carbonyl (C=O) groups excluding carboxylic acids is 1. The molecule has 2 aromatic rings. The third kappa shape index (κ3) is 3.51. The Bertz CT molecular complexity index is 701. The molecule has 3 rings (SSSR count). The van der Waals surface area contributed by atoms with Crippen molar-refractivity contribution in [1.29, 1.82) is 0 Å². The van der Waals surface area contributed by atoms with Gasteiger partial charge in [0.1, 0.15) is 11.6 Å². The number of nitrogens with zero attached hydrogens (tertiary/aromatic N) is 4. The summed E-state index contributed by atoms with van der Waals surface area (Å²) in [5.74, 6) is 1.35. The smallest absolute Gasteiger partial charge is 0.264 e. The lowest BCUT2D eigenvalue weighted by molar-refractivity contribution is 0.0783. The number of likely N-dealkylation sites (N-methyl/N-ethyl adjacent to an activating group) is 1. The van der Waals surface area contributed by atoms with Gasteiger partial charge in [-0.2, -0.15) is 0 Å². The number of anilines is 1. The molecule has 1 atom stereocenters. The highest BCUT2D eigenvalue weighted by molar-refractivity contribution is 7.12. The predicted molar refractivity (Wildman–Crippen MR) is 91.3 cm³/mol. The van der Waals surface area contributed by atoms with Gasteiger partial charge in [0.25, 0.3) is 5.91 Å². The summed E-state index contributed by atoms with van der Waals surface area (Å²) < 4.78 is 0. The molecule has 0 bridgehead atoms. The van der Waals surface area contributed by atoms with E-state index in [2.05, 4.69) is 14.9 Å². The Hall–Kier alpha value is -1.99. The highest BCUT2D eigenvalue weighted by Gasteiger charge is 2.30. The van der Waals surface area contributed by atoms with Crippen molar-refractivity contribution >= 4 is 23.1 Å². The van der Waals surface area contributed by atoms with Crippen molar-refractivity contribution in [3.63, 3.8) is 0 Å². The van der Waals surface area contributed by atoms with E-state index in [1.807, 2.05) is 30.3 Å². The van der Waals surface area contributed by atoms with E-state index in [-0.39, 0.29) is 5.91 Å². The van der Waals surface area contributed by atoms with Gasteiger partial charge in [0, 0.05) is 25.3 Å². The van der Waals surface area contributed by atoms with Crippen LogP contribution in [0.2, 0.25) is 0 Å². The molecule has 122 valence electrons. The first-order valence-corrected chi connectivity index (χ1v) is 8.53. The topological polar surface area (TPSA) is 75.4 Å². The molecule has 0 unspecified atom stereocenters. The summed E-state index contributed by atoms with van der Waals surface area (Å²) in [7, 11) is 2.04. The number of likely N-dealkylation sites (tertiary alicyclic amines) is 1. The fourth-order valence-corrected chi connectivity index (χ4v) is 3.76. The van der Waals surface area contributed by atoms with Gasteiger partial charge in [0.05, 0.1) is 11.4 Å². The molecular weight excluding hydrogens is 310 g/mol. The number of amides is 1. The fraction of sp³-hybridized carbons (Fsp3) is 0.438. The first-order chi connectivity index (χ1) is 11.0. The summed E-state index contributed by atoms with van der Waals surface area (Å²) in [5.41, 5.74) is 6.76. The van der Waals surface area contributed by atoms with E-state index in [9.17, 15) is 4.79 Å². The molecule has 23 heavy (non-hydrogen) atoms. The van der Waals surface area contributed by atoms with Gasteiger partial charge in [0.15, 0.2) is 0 Å². The second-order valence-corrected chi connectivity index (χ2v) is 6.86. The van der Waals surface area contributed by atoms with E-state index < -0.39 is 0 Å². The van der Waals surface area contributed by atoms with Gasteiger partial charge in [-0.1, -0.05) is 0 Å². The van der Waals surface area contributed by atoms with Crippen LogP contribution in [0.1, 0.15) is 27.5 Å². The van der Waals surface area contributed by atoms with Crippen LogP contribution in [-0.2, 0) is 6.54 Å². The van der Waals surface area contributed by atoms with Gasteiger partial charge in [-0.05, 0) is 43.5 Å². The maximum Gasteiger partial charge on any atom is 0.264 e. The lowest BCUT2D eigenvalue weighted by Gasteiger charge is -2.24. The maximum absolute atomic E-state index is 12.6. The number of aryl methyl sites for hydroxylation is 1. The summed E-state index contributed by atoms with van der Waals surface area (Å²) in [6, 6.07) is 4.00. The third-order valence-corrected chi connectivity index (χ3v) is 5.25. The Labute approximate surface area is 140 Å². The number of thiophene rings is 1. The van der Waals surface area contributed by atoms with Crippen LogP contribution in [0, 0.1) is 6.92 Å². The van der Waals surface area contributed by atoms with E-state index in [1.54, 1.807) is 12.3 Å². The van der Waals surface area contributed by atoms with E-state index in [1.165, 1.54) is 11.3 Å². The number of nitrogen functional groups attached to an aromatic ring is 1. The molecule has 0 radical (unpaired) electrons.